The summed E-state index contributed by atoms with van der Waals surface area (Å²) in [5.74, 6) is 3.77. The van der Waals surface area contributed by atoms with Gasteiger partial charge in [0.15, 0.2) is 0 Å². The van der Waals surface area contributed by atoms with Gasteiger partial charge in [-0.3, -0.25) is 0 Å². The van der Waals surface area contributed by atoms with Crippen molar-refractivity contribution in [3.05, 3.63) is 186 Å². The number of hydrogen-bond donors (Lipinski definition) is 0. The molecule has 2 aliphatic heterocycles. The monoisotopic (exact) mass is 797 g/mol. The minimum absolute atomic E-state index is 0.235. The quantitative estimate of drug-likeness (QED) is 0.176. The van der Waals surface area contributed by atoms with Crippen LogP contribution < -0.4 is 14.4 Å². The van der Waals surface area contributed by atoms with Crippen LogP contribution in [0.5, 0.6) is 23.0 Å². The number of para-hydroxylation sites is 2. The summed E-state index contributed by atoms with van der Waals surface area (Å²) in [7, 11) is 0. The smallest absolute Gasteiger partial charge is 0.149 e. The zero-order valence-corrected chi connectivity index (χ0v) is 34.8. The summed E-state index contributed by atoms with van der Waals surface area (Å²) in [5, 5.41) is 0. The second-order valence-corrected chi connectivity index (χ2v) is 19.1. The zero-order valence-electron chi connectivity index (χ0n) is 33.2. The molecule has 12 rings (SSSR count). The topological polar surface area (TPSA) is 21.7 Å². The molecule has 284 valence electrons. The first-order valence-corrected chi connectivity index (χ1v) is 21.9. The molecule has 59 heavy (non-hydrogen) atoms. The van der Waals surface area contributed by atoms with Crippen LogP contribution in [0.1, 0.15) is 49.9 Å². The Hall–Kier alpha value is -6.14. The summed E-state index contributed by atoms with van der Waals surface area (Å²) >= 11 is 3.59. The van der Waals surface area contributed by atoms with Gasteiger partial charge in [-0.2, -0.15) is 0 Å². The maximum absolute atomic E-state index is 6.73. The molecule has 3 nitrogen and oxygen atoms in total. The highest BCUT2D eigenvalue weighted by Crippen LogP contribution is 2.61. The van der Waals surface area contributed by atoms with Crippen LogP contribution in [0.25, 0.3) is 33.4 Å². The Morgan fingerprint density at radius 2 is 0.831 bits per heavy atom. The van der Waals surface area contributed by atoms with E-state index in [0.29, 0.717) is 0 Å². The third-order valence-corrected chi connectivity index (χ3v) is 15.0. The van der Waals surface area contributed by atoms with Crippen LogP contribution in [-0.2, 0) is 10.8 Å². The molecule has 0 bridgehead atoms. The van der Waals surface area contributed by atoms with Gasteiger partial charge < -0.3 is 14.4 Å². The van der Waals surface area contributed by atoms with E-state index in [0.717, 1.165) is 59.6 Å². The average Bonchev–Trinajstić information content (AvgIpc) is 3.64. The summed E-state index contributed by atoms with van der Waals surface area (Å²) in [6, 6.07) is 59.5. The standard InChI is InChI=1S/C54H39NO2S2/c1-53(2)39-26-28-47-51(56-43-14-8-10-16-45(43)58-47)49(39)37-24-22-35(30-41(37)53)55(34-20-18-33(19-21-34)32-12-6-5-7-13-32)36-23-25-38-42(31-36)54(3,4)40-27-29-48-52(50(38)40)57-44-15-9-11-17-46(44)59-48/h5-31H,1-4H3. The van der Waals surface area contributed by atoms with Gasteiger partial charge in [0.1, 0.15) is 23.0 Å². The number of hydrogen-bond acceptors (Lipinski definition) is 5. The van der Waals surface area contributed by atoms with Crippen molar-refractivity contribution in [2.45, 2.75) is 58.1 Å². The number of nitrogens with zero attached hydrogens (tertiary/aromatic N) is 1. The number of ether oxygens (including phenoxy) is 2. The van der Waals surface area contributed by atoms with Gasteiger partial charge in [-0.15, -0.1) is 0 Å². The Balaban J connectivity index is 1.00. The first-order valence-electron chi connectivity index (χ1n) is 20.2. The van der Waals surface area contributed by atoms with Crippen molar-refractivity contribution in [3.63, 3.8) is 0 Å². The van der Waals surface area contributed by atoms with Crippen LogP contribution in [0.15, 0.2) is 183 Å². The normalized spacial score (nSPS) is 15.2. The molecule has 0 spiro atoms. The molecule has 0 N–H and O–H groups in total. The molecule has 8 aromatic carbocycles. The molecule has 4 aliphatic rings. The molecule has 0 unspecified atom stereocenters. The van der Waals surface area contributed by atoms with Crippen molar-refractivity contribution in [2.75, 3.05) is 4.90 Å². The Kier molecular flexibility index (Phi) is 7.49. The summed E-state index contributed by atoms with van der Waals surface area (Å²) in [5.41, 5.74) is 15.3. The Labute approximate surface area is 353 Å². The fourth-order valence-corrected chi connectivity index (χ4v) is 11.7. The minimum atomic E-state index is -0.235. The molecule has 0 saturated heterocycles. The lowest BCUT2D eigenvalue weighted by atomic mass is 9.82. The molecule has 5 heteroatoms. The number of anilines is 3. The molecule has 0 fully saturated rings. The van der Waals surface area contributed by atoms with Crippen LogP contribution in [0.2, 0.25) is 0 Å². The molecule has 0 radical (unpaired) electrons. The van der Waals surface area contributed by atoms with Gasteiger partial charge in [-0.1, -0.05) is 142 Å². The minimum Gasteiger partial charge on any atom is -0.454 e. The molecule has 0 amide bonds. The lowest BCUT2D eigenvalue weighted by molar-refractivity contribution is 0.455. The molecule has 2 aliphatic carbocycles. The molecule has 0 saturated carbocycles. The van der Waals surface area contributed by atoms with Crippen molar-refractivity contribution >= 4 is 40.6 Å². The van der Waals surface area contributed by atoms with Crippen molar-refractivity contribution in [3.8, 4) is 56.4 Å². The predicted octanol–water partition coefficient (Wildman–Crippen LogP) is 15.9. The molecule has 0 aromatic heterocycles. The number of fused-ring (bicyclic) bond motifs is 12. The summed E-state index contributed by atoms with van der Waals surface area (Å²) in [4.78, 5) is 7.06. The molecule has 0 atom stereocenters. The van der Waals surface area contributed by atoms with Gasteiger partial charge >= 0.3 is 0 Å². The van der Waals surface area contributed by atoms with Crippen molar-refractivity contribution in [1.82, 2.24) is 0 Å². The zero-order chi connectivity index (χ0) is 39.6. The van der Waals surface area contributed by atoms with E-state index in [9.17, 15) is 0 Å². The van der Waals surface area contributed by atoms with Crippen molar-refractivity contribution < 1.29 is 9.47 Å². The van der Waals surface area contributed by atoms with E-state index in [1.807, 2.05) is 0 Å². The van der Waals surface area contributed by atoms with Crippen LogP contribution in [0.4, 0.5) is 17.1 Å². The second-order valence-electron chi connectivity index (χ2n) is 16.9. The van der Waals surface area contributed by atoms with Gasteiger partial charge in [0.05, 0.1) is 19.6 Å². The van der Waals surface area contributed by atoms with Gasteiger partial charge in [-0.25, -0.2) is 0 Å². The van der Waals surface area contributed by atoms with Crippen molar-refractivity contribution in [2.24, 2.45) is 0 Å². The maximum Gasteiger partial charge on any atom is 0.149 e. The van der Waals surface area contributed by atoms with E-state index >= 15 is 0 Å². The molecule has 2 heterocycles. The van der Waals surface area contributed by atoms with Gasteiger partial charge in [-0.05, 0) is 117 Å². The lowest BCUT2D eigenvalue weighted by Crippen LogP contribution is -2.18. The van der Waals surface area contributed by atoms with E-state index in [-0.39, 0.29) is 10.8 Å². The Bertz CT molecular complexity index is 2890. The van der Waals surface area contributed by atoms with Crippen molar-refractivity contribution in [1.29, 1.82) is 0 Å². The fourth-order valence-electron chi connectivity index (χ4n) is 9.75. The van der Waals surface area contributed by atoms with Gasteiger partial charge in [0.2, 0.25) is 0 Å². The van der Waals surface area contributed by atoms with Crippen LogP contribution in [0.3, 0.4) is 0 Å². The van der Waals surface area contributed by atoms with E-state index in [1.54, 1.807) is 23.5 Å². The highest BCUT2D eigenvalue weighted by molar-refractivity contribution is 8.00. The van der Waals surface area contributed by atoms with Gasteiger partial charge in [0, 0.05) is 39.0 Å². The largest absolute Gasteiger partial charge is 0.454 e. The number of benzene rings is 8. The predicted molar refractivity (Wildman–Crippen MR) is 243 cm³/mol. The highest BCUT2D eigenvalue weighted by Gasteiger charge is 2.42. The van der Waals surface area contributed by atoms with Crippen LogP contribution in [-0.4, -0.2) is 0 Å². The Morgan fingerprint density at radius 1 is 0.390 bits per heavy atom. The van der Waals surface area contributed by atoms with E-state index < -0.39 is 0 Å². The van der Waals surface area contributed by atoms with Gasteiger partial charge in [0.25, 0.3) is 0 Å². The summed E-state index contributed by atoms with van der Waals surface area (Å²) in [6.07, 6.45) is 0. The van der Waals surface area contributed by atoms with Crippen LogP contribution >= 0.6 is 23.5 Å². The third-order valence-electron chi connectivity index (χ3n) is 12.8. The van der Waals surface area contributed by atoms with E-state index in [2.05, 4.69) is 196 Å². The first-order chi connectivity index (χ1) is 28.7. The summed E-state index contributed by atoms with van der Waals surface area (Å²) < 4.78 is 13.5. The second kappa shape index (κ2) is 12.7. The van der Waals surface area contributed by atoms with E-state index in [1.165, 1.54) is 55.6 Å². The van der Waals surface area contributed by atoms with E-state index in [4.69, 9.17) is 9.47 Å². The first kappa shape index (κ1) is 34.9. The molecular formula is C54H39NO2S2. The maximum atomic E-state index is 6.73. The number of rotatable bonds is 4. The third kappa shape index (κ3) is 5.17. The highest BCUT2D eigenvalue weighted by atomic mass is 32.2. The lowest BCUT2D eigenvalue weighted by Gasteiger charge is -2.30. The van der Waals surface area contributed by atoms with Crippen LogP contribution in [0, 0.1) is 0 Å². The average molecular weight is 798 g/mol. The molecule has 8 aromatic rings. The SMILES string of the molecule is CC1(C)c2cc(N(c3ccc(-c4ccccc4)cc3)c3ccc4c(c3)C(C)(C)c3ccc5c(c3-4)Oc3ccccc3S5)ccc2-c2c1ccc1c2Oc2ccccc2S1. The fraction of sp³-hybridized carbons (Fsp3) is 0.111. The Morgan fingerprint density at radius 3 is 1.34 bits per heavy atom. The molecular weight excluding hydrogens is 759 g/mol. The summed E-state index contributed by atoms with van der Waals surface area (Å²) in [6.45, 7) is 9.41.